The molecule has 0 aliphatic carbocycles. The quantitative estimate of drug-likeness (QED) is 0.898. The van der Waals surface area contributed by atoms with Crippen LogP contribution in [0.1, 0.15) is 41.5 Å². The molecule has 1 aliphatic heterocycles. The lowest BCUT2D eigenvalue weighted by atomic mass is 9.95. The van der Waals surface area contributed by atoms with Gasteiger partial charge in [-0.15, -0.1) is 0 Å². The first-order valence-electron chi connectivity index (χ1n) is 7.00. The van der Waals surface area contributed by atoms with Crippen LogP contribution in [0.4, 0.5) is 0 Å². The Kier molecular flexibility index (Phi) is 4.21. The molecule has 1 aromatic carbocycles. The molecule has 1 aliphatic rings. The molecule has 0 spiro atoms. The molecule has 20 heavy (non-hydrogen) atoms. The number of aliphatic carboxylic acids is 1. The van der Waals surface area contributed by atoms with Crippen LogP contribution in [-0.2, 0) is 11.2 Å². The van der Waals surface area contributed by atoms with Gasteiger partial charge in [0.1, 0.15) is 17.6 Å². The summed E-state index contributed by atoms with van der Waals surface area (Å²) < 4.78 is 11.5. The molecule has 1 aromatic rings. The Morgan fingerprint density at radius 2 is 2.00 bits per heavy atom. The number of benzene rings is 1. The summed E-state index contributed by atoms with van der Waals surface area (Å²) in [6.07, 6.45) is 2.58. The highest BCUT2D eigenvalue weighted by Gasteiger charge is 2.29. The predicted molar refractivity (Wildman–Crippen MR) is 76.8 cm³/mol. The number of methoxy groups -OCH3 is 1. The number of carboxylic acids is 1. The second-order valence-corrected chi connectivity index (χ2v) is 5.45. The molecule has 1 atom stereocenters. The first-order valence-corrected chi connectivity index (χ1v) is 7.00. The zero-order valence-corrected chi connectivity index (χ0v) is 12.6. The largest absolute Gasteiger partial charge is 0.496 e. The Balaban J connectivity index is 2.18. The molecule has 0 saturated carbocycles. The van der Waals surface area contributed by atoms with Gasteiger partial charge in [-0.1, -0.05) is 0 Å². The maximum Gasteiger partial charge on any atom is 0.303 e. The Morgan fingerprint density at radius 3 is 2.60 bits per heavy atom. The fourth-order valence-corrected chi connectivity index (χ4v) is 2.94. The van der Waals surface area contributed by atoms with E-state index in [2.05, 4.69) is 13.8 Å². The molecule has 0 saturated heterocycles. The summed E-state index contributed by atoms with van der Waals surface area (Å²) in [5.74, 6) is 1.17. The number of hydrogen-bond donors (Lipinski definition) is 1. The van der Waals surface area contributed by atoms with Crippen LogP contribution in [0, 0.1) is 20.8 Å². The van der Waals surface area contributed by atoms with Gasteiger partial charge < -0.3 is 14.6 Å². The molecule has 0 aromatic heterocycles. The van der Waals surface area contributed by atoms with Crippen LogP contribution in [0.2, 0.25) is 0 Å². The summed E-state index contributed by atoms with van der Waals surface area (Å²) in [4.78, 5) is 10.6. The van der Waals surface area contributed by atoms with Crippen molar-refractivity contribution in [1.82, 2.24) is 0 Å². The van der Waals surface area contributed by atoms with E-state index < -0.39 is 5.97 Å². The fourth-order valence-electron chi connectivity index (χ4n) is 2.94. The minimum absolute atomic E-state index is 0.0910. The number of fused-ring (bicyclic) bond motifs is 1. The van der Waals surface area contributed by atoms with Crippen LogP contribution in [0.25, 0.3) is 0 Å². The molecular formula is C16H22O4. The summed E-state index contributed by atoms with van der Waals surface area (Å²) in [5, 5.41) is 8.70. The molecule has 1 N–H and O–H groups in total. The number of carbonyl (C=O) groups is 1. The van der Waals surface area contributed by atoms with Crippen molar-refractivity contribution in [3.63, 3.8) is 0 Å². The standard InChI is InChI=1S/C16H22O4/c1-9-10(2)16-13(11(3)15(9)19-4)8-12(20-16)6-5-7-14(17)18/h12H,5-8H2,1-4H3,(H,17,18). The second kappa shape index (κ2) is 5.73. The molecule has 110 valence electrons. The lowest BCUT2D eigenvalue weighted by Crippen LogP contribution is -2.13. The van der Waals surface area contributed by atoms with Crippen molar-refractivity contribution >= 4 is 5.97 Å². The normalized spacial score (nSPS) is 16.7. The number of hydrogen-bond acceptors (Lipinski definition) is 3. The SMILES string of the molecule is COc1c(C)c(C)c2c(c1C)CC(CCCC(=O)O)O2. The molecule has 0 amide bonds. The van der Waals surface area contributed by atoms with Gasteiger partial charge in [0.05, 0.1) is 7.11 Å². The Morgan fingerprint density at radius 1 is 1.30 bits per heavy atom. The van der Waals surface area contributed by atoms with Gasteiger partial charge in [-0.05, 0) is 50.3 Å². The Labute approximate surface area is 119 Å². The van der Waals surface area contributed by atoms with E-state index in [0.29, 0.717) is 6.42 Å². The van der Waals surface area contributed by atoms with Crippen molar-refractivity contribution in [2.75, 3.05) is 7.11 Å². The van der Waals surface area contributed by atoms with E-state index in [-0.39, 0.29) is 12.5 Å². The Hall–Kier alpha value is -1.71. The average Bonchev–Trinajstić information content (AvgIpc) is 2.81. The van der Waals surface area contributed by atoms with Crippen LogP contribution >= 0.6 is 0 Å². The van der Waals surface area contributed by atoms with Crippen molar-refractivity contribution in [1.29, 1.82) is 0 Å². The van der Waals surface area contributed by atoms with E-state index in [9.17, 15) is 4.79 Å². The van der Waals surface area contributed by atoms with Gasteiger partial charge in [-0.3, -0.25) is 4.79 Å². The number of carboxylic acid groups (broad SMARTS) is 1. The zero-order chi connectivity index (χ0) is 14.9. The smallest absolute Gasteiger partial charge is 0.303 e. The molecule has 0 bridgehead atoms. The molecule has 0 radical (unpaired) electrons. The molecule has 4 nitrogen and oxygen atoms in total. The predicted octanol–water partition coefficient (Wildman–Crippen LogP) is 3.18. The van der Waals surface area contributed by atoms with E-state index in [1.54, 1.807) is 7.11 Å². The van der Waals surface area contributed by atoms with Crippen LogP contribution in [0.5, 0.6) is 11.5 Å². The maximum absolute atomic E-state index is 10.6. The minimum Gasteiger partial charge on any atom is -0.496 e. The lowest BCUT2D eigenvalue weighted by molar-refractivity contribution is -0.137. The molecular weight excluding hydrogens is 256 g/mol. The van der Waals surface area contributed by atoms with E-state index in [0.717, 1.165) is 41.0 Å². The average molecular weight is 278 g/mol. The first-order chi connectivity index (χ1) is 9.45. The highest BCUT2D eigenvalue weighted by Crippen LogP contribution is 2.42. The van der Waals surface area contributed by atoms with Crippen LogP contribution in [-0.4, -0.2) is 24.3 Å². The first kappa shape index (κ1) is 14.7. The van der Waals surface area contributed by atoms with Crippen LogP contribution in [0.15, 0.2) is 0 Å². The highest BCUT2D eigenvalue weighted by molar-refractivity contribution is 5.66. The van der Waals surface area contributed by atoms with Gasteiger partial charge in [0.15, 0.2) is 0 Å². The van der Waals surface area contributed by atoms with Crippen molar-refractivity contribution in [2.24, 2.45) is 0 Å². The minimum atomic E-state index is -0.745. The third kappa shape index (κ3) is 2.60. The van der Waals surface area contributed by atoms with E-state index >= 15 is 0 Å². The van der Waals surface area contributed by atoms with Gasteiger partial charge in [0, 0.05) is 18.4 Å². The summed E-state index contributed by atoms with van der Waals surface area (Å²) in [6, 6.07) is 0. The Bertz CT molecular complexity index is 534. The van der Waals surface area contributed by atoms with Crippen LogP contribution < -0.4 is 9.47 Å². The summed E-state index contributed by atoms with van der Waals surface area (Å²) in [6.45, 7) is 6.16. The van der Waals surface area contributed by atoms with Gasteiger partial charge in [0.25, 0.3) is 0 Å². The molecule has 2 rings (SSSR count). The third-order valence-electron chi connectivity index (χ3n) is 4.15. The number of ether oxygens (including phenoxy) is 2. The van der Waals surface area contributed by atoms with E-state index in [1.165, 1.54) is 5.56 Å². The van der Waals surface area contributed by atoms with Gasteiger partial charge in [-0.2, -0.15) is 0 Å². The lowest BCUT2D eigenvalue weighted by Gasteiger charge is -2.16. The van der Waals surface area contributed by atoms with Crippen molar-refractivity contribution in [3.8, 4) is 11.5 Å². The fraction of sp³-hybridized carbons (Fsp3) is 0.562. The van der Waals surface area contributed by atoms with Gasteiger partial charge in [-0.25, -0.2) is 0 Å². The monoisotopic (exact) mass is 278 g/mol. The van der Waals surface area contributed by atoms with Crippen molar-refractivity contribution in [2.45, 2.75) is 52.6 Å². The van der Waals surface area contributed by atoms with Crippen molar-refractivity contribution < 1.29 is 19.4 Å². The van der Waals surface area contributed by atoms with Crippen LogP contribution in [0.3, 0.4) is 0 Å². The molecule has 0 fully saturated rings. The van der Waals surface area contributed by atoms with Gasteiger partial charge in [0.2, 0.25) is 0 Å². The topological polar surface area (TPSA) is 55.8 Å². The summed E-state index contributed by atoms with van der Waals surface area (Å²) >= 11 is 0. The zero-order valence-electron chi connectivity index (χ0n) is 12.6. The molecule has 1 heterocycles. The van der Waals surface area contributed by atoms with Gasteiger partial charge >= 0.3 is 5.97 Å². The maximum atomic E-state index is 10.6. The second-order valence-electron chi connectivity index (χ2n) is 5.45. The molecule has 4 heteroatoms. The van der Waals surface area contributed by atoms with E-state index in [1.807, 2.05) is 6.92 Å². The third-order valence-corrected chi connectivity index (χ3v) is 4.15. The van der Waals surface area contributed by atoms with E-state index in [4.69, 9.17) is 14.6 Å². The highest BCUT2D eigenvalue weighted by atomic mass is 16.5. The molecule has 1 unspecified atom stereocenters. The summed E-state index contributed by atoms with van der Waals surface area (Å²) in [5.41, 5.74) is 4.61. The van der Waals surface area contributed by atoms with Crippen molar-refractivity contribution in [3.05, 3.63) is 22.3 Å². The summed E-state index contributed by atoms with van der Waals surface area (Å²) in [7, 11) is 1.70. The number of rotatable bonds is 5.